The summed E-state index contributed by atoms with van der Waals surface area (Å²) in [6.07, 6.45) is 0.272. The van der Waals surface area contributed by atoms with Crippen LogP contribution in [-0.2, 0) is 14.8 Å². The van der Waals surface area contributed by atoms with E-state index in [1.807, 2.05) is 0 Å². The first-order chi connectivity index (χ1) is 11.3. The van der Waals surface area contributed by atoms with Crippen LogP contribution >= 0.6 is 0 Å². The molecule has 2 aromatic heterocycles. The monoisotopic (exact) mass is 354 g/mol. The second-order valence-corrected chi connectivity index (χ2v) is 12.2. The Labute approximate surface area is 139 Å². The van der Waals surface area contributed by atoms with Gasteiger partial charge in [0.15, 0.2) is 16.5 Å². The molecule has 0 spiro atoms. The van der Waals surface area contributed by atoms with Crippen molar-refractivity contribution >= 4 is 19.2 Å². The topological polar surface area (TPSA) is 122 Å². The summed E-state index contributed by atoms with van der Waals surface area (Å²) in [6, 6.07) is 0. The fraction of sp³-hybridized carbons (Fsp3) is 0.643. The molecule has 1 aliphatic rings. The van der Waals surface area contributed by atoms with Gasteiger partial charge < -0.3 is 24.7 Å². The highest BCUT2D eigenvalue weighted by Crippen LogP contribution is 2.45. The van der Waals surface area contributed by atoms with E-state index in [4.69, 9.17) is 9.47 Å². The van der Waals surface area contributed by atoms with E-state index in [0.717, 1.165) is 0 Å². The highest BCUT2D eigenvalue weighted by atomic mass is 28.3. The maximum absolute atomic E-state index is 12.0. The van der Waals surface area contributed by atoms with Gasteiger partial charge in [0.1, 0.15) is 26.4 Å². The molecule has 0 aromatic carbocycles. The summed E-state index contributed by atoms with van der Waals surface area (Å²) in [5.41, 5.74) is 0.195. The van der Waals surface area contributed by atoms with E-state index in [1.54, 1.807) is 4.57 Å². The van der Waals surface area contributed by atoms with Crippen LogP contribution in [0.4, 0.5) is 0 Å². The standard InChI is InChI=1S/C14H22N4O5Si/c1-22-11-10(20)8(5-19)23-14(11,24(2,3)4)18-7-17-9-12(18)15-6-16-13(9)21/h6-8,10-11,19-20H,5H2,1-4H3,(H,15,16,21)/t8-,10-,11-,14+/m1/s1. The van der Waals surface area contributed by atoms with Crippen LogP contribution in [-0.4, -0.2) is 69.8 Å². The summed E-state index contributed by atoms with van der Waals surface area (Å²) in [6.45, 7) is 5.84. The molecule has 2 aromatic rings. The number of imidazole rings is 1. The predicted octanol–water partition coefficient (Wildman–Crippen LogP) is -0.583. The number of hydrogen-bond donors (Lipinski definition) is 3. The van der Waals surface area contributed by atoms with Crippen molar-refractivity contribution in [1.82, 2.24) is 19.5 Å². The molecule has 132 valence electrons. The number of methoxy groups -OCH3 is 1. The first-order valence-electron chi connectivity index (χ1n) is 7.68. The van der Waals surface area contributed by atoms with Crippen LogP contribution in [0.1, 0.15) is 0 Å². The molecule has 0 radical (unpaired) electrons. The third kappa shape index (κ3) is 2.18. The van der Waals surface area contributed by atoms with Gasteiger partial charge in [0.2, 0.25) is 0 Å². The van der Waals surface area contributed by atoms with E-state index in [1.165, 1.54) is 19.8 Å². The van der Waals surface area contributed by atoms with Crippen LogP contribution in [0.25, 0.3) is 11.2 Å². The Kier molecular flexibility index (Phi) is 4.12. The first kappa shape index (κ1) is 17.2. The van der Waals surface area contributed by atoms with E-state index >= 15 is 0 Å². The predicted molar refractivity (Wildman–Crippen MR) is 88.2 cm³/mol. The number of aliphatic hydroxyl groups excluding tert-OH is 2. The maximum atomic E-state index is 12.0. The minimum Gasteiger partial charge on any atom is -0.394 e. The third-order valence-electron chi connectivity index (χ3n) is 4.61. The lowest BCUT2D eigenvalue weighted by Gasteiger charge is -2.44. The summed E-state index contributed by atoms with van der Waals surface area (Å²) in [7, 11) is -0.754. The molecule has 24 heavy (non-hydrogen) atoms. The number of fused-ring (bicyclic) bond motifs is 1. The molecular weight excluding hydrogens is 332 g/mol. The number of aromatic amines is 1. The smallest absolute Gasteiger partial charge is 0.278 e. The van der Waals surface area contributed by atoms with E-state index in [0.29, 0.717) is 5.65 Å². The van der Waals surface area contributed by atoms with Crippen LogP contribution < -0.4 is 5.56 Å². The van der Waals surface area contributed by atoms with Crippen molar-refractivity contribution in [1.29, 1.82) is 0 Å². The molecule has 4 atom stereocenters. The van der Waals surface area contributed by atoms with Crippen molar-refractivity contribution in [3.05, 3.63) is 23.0 Å². The molecule has 0 saturated carbocycles. The second-order valence-electron chi connectivity index (χ2n) is 6.95. The quantitative estimate of drug-likeness (QED) is 0.628. The molecule has 10 heteroatoms. The van der Waals surface area contributed by atoms with E-state index in [9.17, 15) is 15.0 Å². The lowest BCUT2D eigenvalue weighted by Crippen LogP contribution is -2.61. The molecule has 1 saturated heterocycles. The zero-order chi connectivity index (χ0) is 17.7. The summed E-state index contributed by atoms with van der Waals surface area (Å²) >= 11 is 0. The van der Waals surface area contributed by atoms with Gasteiger partial charge in [-0.3, -0.25) is 9.36 Å². The average Bonchev–Trinajstić information content (AvgIpc) is 3.06. The summed E-state index contributed by atoms with van der Waals surface area (Å²) in [5.74, 6) is 0. The van der Waals surface area contributed by atoms with Crippen molar-refractivity contribution in [2.45, 2.75) is 43.3 Å². The molecule has 0 amide bonds. The van der Waals surface area contributed by atoms with Crippen LogP contribution in [0.15, 0.2) is 17.4 Å². The third-order valence-corrected chi connectivity index (χ3v) is 7.41. The van der Waals surface area contributed by atoms with Gasteiger partial charge in [-0.05, 0) is 0 Å². The molecule has 1 fully saturated rings. The Bertz CT molecular complexity index is 800. The second kappa shape index (κ2) is 5.74. The molecule has 3 N–H and O–H groups in total. The lowest BCUT2D eigenvalue weighted by molar-refractivity contribution is -0.101. The Balaban J connectivity index is 2.31. The van der Waals surface area contributed by atoms with Crippen LogP contribution in [0.2, 0.25) is 19.6 Å². The van der Waals surface area contributed by atoms with Crippen molar-refractivity contribution in [2.75, 3.05) is 13.7 Å². The summed E-state index contributed by atoms with van der Waals surface area (Å²) in [4.78, 5) is 22.9. The van der Waals surface area contributed by atoms with Gasteiger partial charge in [-0.2, -0.15) is 0 Å². The molecule has 1 aliphatic heterocycles. The van der Waals surface area contributed by atoms with Crippen molar-refractivity contribution < 1.29 is 19.7 Å². The zero-order valence-corrected chi connectivity index (χ0v) is 15.1. The van der Waals surface area contributed by atoms with Crippen molar-refractivity contribution in [3.8, 4) is 0 Å². The van der Waals surface area contributed by atoms with Crippen LogP contribution in [0, 0.1) is 0 Å². The number of hydrogen-bond acceptors (Lipinski definition) is 7. The fourth-order valence-corrected chi connectivity index (χ4v) is 6.02. The zero-order valence-electron chi connectivity index (χ0n) is 14.1. The van der Waals surface area contributed by atoms with Gasteiger partial charge in [-0.25, -0.2) is 9.97 Å². The average molecular weight is 354 g/mol. The van der Waals surface area contributed by atoms with Crippen LogP contribution in [0.3, 0.4) is 0 Å². The number of aliphatic hydroxyl groups is 2. The van der Waals surface area contributed by atoms with Gasteiger partial charge >= 0.3 is 0 Å². The van der Waals surface area contributed by atoms with E-state index < -0.39 is 31.7 Å². The minimum absolute atomic E-state index is 0.190. The molecule has 0 bridgehead atoms. The van der Waals surface area contributed by atoms with Gasteiger partial charge in [0, 0.05) is 7.11 Å². The van der Waals surface area contributed by atoms with Crippen molar-refractivity contribution in [3.63, 3.8) is 0 Å². The van der Waals surface area contributed by atoms with E-state index in [-0.39, 0.29) is 17.7 Å². The number of nitrogens with one attached hydrogen (secondary N) is 1. The van der Waals surface area contributed by atoms with Gasteiger partial charge in [0.25, 0.3) is 5.56 Å². The Morgan fingerprint density at radius 1 is 1.46 bits per heavy atom. The number of nitrogens with zero attached hydrogens (tertiary/aromatic N) is 3. The minimum atomic E-state index is -2.25. The van der Waals surface area contributed by atoms with Gasteiger partial charge in [-0.1, -0.05) is 19.6 Å². The number of H-pyrrole nitrogens is 1. The van der Waals surface area contributed by atoms with Gasteiger partial charge in [-0.15, -0.1) is 0 Å². The molecular formula is C14H22N4O5Si. The fourth-order valence-electron chi connectivity index (χ4n) is 3.49. The number of aromatic nitrogens is 4. The SMILES string of the molecule is CO[C@@H]1[C@H](O)[C@@H](CO)O[C@]1(n1cnc2c(=O)[nH]cnc21)[Si](C)(C)C. The van der Waals surface area contributed by atoms with Crippen LogP contribution in [0.5, 0.6) is 0 Å². The highest BCUT2D eigenvalue weighted by Gasteiger charge is 2.63. The Morgan fingerprint density at radius 3 is 2.75 bits per heavy atom. The summed E-state index contributed by atoms with van der Waals surface area (Å²) < 4.78 is 13.4. The Hall–Kier alpha value is -1.59. The lowest BCUT2D eigenvalue weighted by atomic mass is 10.1. The molecule has 0 aliphatic carbocycles. The maximum Gasteiger partial charge on any atom is 0.278 e. The Morgan fingerprint density at radius 2 is 2.17 bits per heavy atom. The molecule has 3 heterocycles. The largest absolute Gasteiger partial charge is 0.394 e. The molecule has 9 nitrogen and oxygen atoms in total. The molecule has 3 rings (SSSR count). The normalized spacial score (nSPS) is 31.0. The summed E-state index contributed by atoms with van der Waals surface area (Å²) in [5, 5.41) is 19.1. The molecule has 0 unspecified atom stereocenters. The van der Waals surface area contributed by atoms with Gasteiger partial charge in [0.05, 0.1) is 19.3 Å². The first-order valence-corrected chi connectivity index (χ1v) is 11.2. The highest BCUT2D eigenvalue weighted by molar-refractivity contribution is 6.78. The van der Waals surface area contributed by atoms with Crippen molar-refractivity contribution in [2.24, 2.45) is 0 Å². The number of ether oxygens (including phenoxy) is 2. The number of rotatable bonds is 4. The van der Waals surface area contributed by atoms with E-state index in [2.05, 4.69) is 34.6 Å².